The van der Waals surface area contributed by atoms with Crippen molar-refractivity contribution in [3.63, 3.8) is 0 Å². The number of benzene rings is 1. The number of halogens is 1. The van der Waals surface area contributed by atoms with Gasteiger partial charge in [-0.1, -0.05) is 0 Å². The number of carbonyl (C=O) groups excluding carboxylic acids is 1. The Labute approximate surface area is 165 Å². The molecule has 8 heteroatoms. The summed E-state index contributed by atoms with van der Waals surface area (Å²) in [6.07, 6.45) is 1.66. The van der Waals surface area contributed by atoms with Crippen LogP contribution in [-0.4, -0.2) is 38.4 Å². The Morgan fingerprint density at radius 1 is 1.29 bits per heavy atom. The number of nitrogens with zero attached hydrogens (tertiary/aromatic N) is 4. The molecule has 0 bridgehead atoms. The molecule has 0 N–H and O–H groups in total. The monoisotopic (exact) mass is 400 g/mol. The van der Waals surface area contributed by atoms with E-state index in [0.717, 1.165) is 18.5 Å². The first kappa shape index (κ1) is 18.7. The predicted molar refractivity (Wildman–Crippen MR) is 106 cm³/mol. The fourth-order valence-electron chi connectivity index (χ4n) is 3.75. The quantitative estimate of drug-likeness (QED) is 0.677. The van der Waals surface area contributed by atoms with Crippen LogP contribution in [0.4, 0.5) is 4.39 Å². The fourth-order valence-corrected chi connectivity index (χ4v) is 4.52. The standard InChI is InChI=1S/C20H21FN4O2S/c1-12-18(28-11-22-12)20(27)24-7-5-14(6-8-24)10-25-13(2)23-17-9-15(21)3-4-16(17)19(25)26/h3-4,9,11,14H,5-8,10H2,1-2H3. The van der Waals surface area contributed by atoms with Gasteiger partial charge in [0.2, 0.25) is 0 Å². The molecule has 3 aromatic rings. The highest BCUT2D eigenvalue weighted by Crippen LogP contribution is 2.23. The second-order valence-corrected chi connectivity index (χ2v) is 8.09. The van der Waals surface area contributed by atoms with Gasteiger partial charge < -0.3 is 4.90 Å². The molecule has 0 saturated carbocycles. The van der Waals surface area contributed by atoms with Crippen LogP contribution in [0.2, 0.25) is 0 Å². The Morgan fingerprint density at radius 2 is 2.04 bits per heavy atom. The van der Waals surface area contributed by atoms with Crippen molar-refractivity contribution in [2.75, 3.05) is 13.1 Å². The molecule has 28 heavy (non-hydrogen) atoms. The third kappa shape index (κ3) is 3.44. The summed E-state index contributed by atoms with van der Waals surface area (Å²) in [5, 5.41) is 0.431. The lowest BCUT2D eigenvalue weighted by Gasteiger charge is -2.32. The molecule has 1 saturated heterocycles. The summed E-state index contributed by atoms with van der Waals surface area (Å²) < 4.78 is 15.1. The van der Waals surface area contributed by atoms with Crippen molar-refractivity contribution in [3.8, 4) is 0 Å². The minimum Gasteiger partial charge on any atom is -0.338 e. The van der Waals surface area contributed by atoms with Crippen molar-refractivity contribution < 1.29 is 9.18 Å². The zero-order valence-electron chi connectivity index (χ0n) is 15.8. The number of carbonyl (C=O) groups is 1. The second-order valence-electron chi connectivity index (χ2n) is 7.24. The number of piperidine rings is 1. The van der Waals surface area contributed by atoms with Crippen molar-refractivity contribution in [2.24, 2.45) is 5.92 Å². The summed E-state index contributed by atoms with van der Waals surface area (Å²) in [6.45, 7) is 5.52. The lowest BCUT2D eigenvalue weighted by molar-refractivity contribution is 0.0686. The zero-order chi connectivity index (χ0) is 19.8. The van der Waals surface area contributed by atoms with Gasteiger partial charge in [-0.2, -0.15) is 0 Å². The summed E-state index contributed by atoms with van der Waals surface area (Å²) in [5.41, 5.74) is 2.72. The summed E-state index contributed by atoms with van der Waals surface area (Å²) in [5.74, 6) is 0.524. The van der Waals surface area contributed by atoms with Gasteiger partial charge in [0.15, 0.2) is 0 Å². The SMILES string of the molecule is Cc1ncsc1C(=O)N1CCC(Cn2c(C)nc3cc(F)ccc3c2=O)CC1. The molecule has 146 valence electrons. The number of hydrogen-bond acceptors (Lipinski definition) is 5. The summed E-state index contributed by atoms with van der Waals surface area (Å²) in [7, 11) is 0. The number of likely N-dealkylation sites (tertiary alicyclic amines) is 1. The van der Waals surface area contributed by atoms with E-state index < -0.39 is 5.82 Å². The van der Waals surface area contributed by atoms with Gasteiger partial charge in [-0.25, -0.2) is 14.4 Å². The topological polar surface area (TPSA) is 68.1 Å². The van der Waals surface area contributed by atoms with Gasteiger partial charge in [-0.3, -0.25) is 14.2 Å². The molecule has 1 aliphatic rings. The third-order valence-electron chi connectivity index (χ3n) is 5.39. The van der Waals surface area contributed by atoms with E-state index >= 15 is 0 Å². The van der Waals surface area contributed by atoms with Gasteiger partial charge >= 0.3 is 0 Å². The number of fused-ring (bicyclic) bond motifs is 1. The molecular formula is C20H21FN4O2S. The molecule has 0 radical (unpaired) electrons. The number of thiazole rings is 1. The van der Waals surface area contributed by atoms with Crippen LogP contribution in [0.1, 0.15) is 34.0 Å². The highest BCUT2D eigenvalue weighted by Gasteiger charge is 2.26. The average molecular weight is 400 g/mol. The molecule has 1 aliphatic heterocycles. The lowest BCUT2D eigenvalue weighted by atomic mass is 9.96. The van der Waals surface area contributed by atoms with Crippen LogP contribution in [0.15, 0.2) is 28.5 Å². The van der Waals surface area contributed by atoms with E-state index in [1.54, 1.807) is 17.0 Å². The van der Waals surface area contributed by atoms with E-state index in [1.807, 2.05) is 11.8 Å². The van der Waals surface area contributed by atoms with Crippen molar-refractivity contribution in [3.05, 3.63) is 56.3 Å². The minimum atomic E-state index is -0.398. The first-order valence-electron chi connectivity index (χ1n) is 9.30. The number of amides is 1. The maximum Gasteiger partial charge on any atom is 0.265 e. The fraction of sp³-hybridized carbons (Fsp3) is 0.400. The van der Waals surface area contributed by atoms with E-state index in [0.29, 0.717) is 47.2 Å². The number of aryl methyl sites for hydroxylation is 2. The van der Waals surface area contributed by atoms with Crippen LogP contribution >= 0.6 is 11.3 Å². The molecule has 6 nitrogen and oxygen atoms in total. The summed E-state index contributed by atoms with van der Waals surface area (Å²) in [4.78, 5) is 36.6. The Kier molecular flexibility index (Phi) is 4.97. The molecule has 1 aromatic carbocycles. The highest BCUT2D eigenvalue weighted by atomic mass is 32.1. The molecule has 0 atom stereocenters. The van der Waals surface area contributed by atoms with Gasteiger partial charge in [0.05, 0.1) is 22.1 Å². The molecule has 0 spiro atoms. The Morgan fingerprint density at radius 3 is 2.71 bits per heavy atom. The van der Waals surface area contributed by atoms with Crippen LogP contribution in [0.5, 0.6) is 0 Å². The van der Waals surface area contributed by atoms with Gasteiger partial charge in [-0.15, -0.1) is 11.3 Å². The molecule has 1 amide bonds. The van der Waals surface area contributed by atoms with Gasteiger partial charge in [0.25, 0.3) is 11.5 Å². The summed E-state index contributed by atoms with van der Waals surface area (Å²) >= 11 is 1.38. The number of hydrogen-bond donors (Lipinski definition) is 0. The Bertz CT molecular complexity index is 1100. The van der Waals surface area contributed by atoms with Crippen molar-refractivity contribution in [2.45, 2.75) is 33.2 Å². The lowest BCUT2D eigenvalue weighted by Crippen LogP contribution is -2.40. The van der Waals surface area contributed by atoms with Gasteiger partial charge in [-0.05, 0) is 44.7 Å². The molecule has 1 fully saturated rings. The van der Waals surface area contributed by atoms with Gasteiger partial charge in [0.1, 0.15) is 16.5 Å². The van der Waals surface area contributed by atoms with E-state index in [9.17, 15) is 14.0 Å². The van der Waals surface area contributed by atoms with Crippen LogP contribution in [0.25, 0.3) is 10.9 Å². The van der Waals surface area contributed by atoms with E-state index in [4.69, 9.17) is 0 Å². The predicted octanol–water partition coefficient (Wildman–Crippen LogP) is 3.16. The Balaban J connectivity index is 1.48. The van der Waals surface area contributed by atoms with Crippen molar-refractivity contribution >= 4 is 28.1 Å². The second kappa shape index (κ2) is 7.43. The highest BCUT2D eigenvalue weighted by molar-refractivity contribution is 7.11. The van der Waals surface area contributed by atoms with E-state index in [2.05, 4.69) is 9.97 Å². The third-order valence-corrected chi connectivity index (χ3v) is 6.31. The zero-order valence-corrected chi connectivity index (χ0v) is 16.6. The molecule has 0 aliphatic carbocycles. The number of aromatic nitrogens is 3. The average Bonchev–Trinajstić information content (AvgIpc) is 3.10. The van der Waals surface area contributed by atoms with Crippen LogP contribution in [0, 0.1) is 25.6 Å². The molecule has 3 heterocycles. The molecule has 2 aromatic heterocycles. The first-order chi connectivity index (χ1) is 13.4. The van der Waals surface area contributed by atoms with Crippen molar-refractivity contribution in [1.82, 2.24) is 19.4 Å². The number of rotatable bonds is 3. The van der Waals surface area contributed by atoms with E-state index in [1.165, 1.54) is 29.5 Å². The largest absolute Gasteiger partial charge is 0.338 e. The van der Waals surface area contributed by atoms with Gasteiger partial charge in [0, 0.05) is 25.7 Å². The van der Waals surface area contributed by atoms with E-state index in [-0.39, 0.29) is 11.5 Å². The maximum atomic E-state index is 13.4. The minimum absolute atomic E-state index is 0.0428. The van der Waals surface area contributed by atoms with Crippen LogP contribution in [0.3, 0.4) is 0 Å². The molecule has 0 unspecified atom stereocenters. The summed E-state index contributed by atoms with van der Waals surface area (Å²) in [6, 6.07) is 4.07. The maximum absolute atomic E-state index is 13.4. The van der Waals surface area contributed by atoms with Crippen LogP contribution < -0.4 is 5.56 Å². The molecule has 4 rings (SSSR count). The van der Waals surface area contributed by atoms with Crippen LogP contribution in [-0.2, 0) is 6.54 Å². The van der Waals surface area contributed by atoms with Crippen molar-refractivity contribution in [1.29, 1.82) is 0 Å². The normalized spacial score (nSPS) is 15.3. The smallest absolute Gasteiger partial charge is 0.265 e. The Hall–Kier alpha value is -2.61. The first-order valence-corrected chi connectivity index (χ1v) is 10.2. The molecular weight excluding hydrogens is 379 g/mol.